The second-order valence-electron chi connectivity index (χ2n) is 4.11. The highest BCUT2D eigenvalue weighted by molar-refractivity contribution is 5.82. The van der Waals surface area contributed by atoms with Crippen molar-refractivity contribution in [1.82, 2.24) is 4.98 Å². The molecule has 2 aromatic carbocycles. The Labute approximate surface area is 114 Å². The highest BCUT2D eigenvalue weighted by Crippen LogP contribution is 2.20. The fourth-order valence-corrected chi connectivity index (χ4v) is 1.83. The first kappa shape index (κ1) is 11.9. The normalized spacial score (nSPS) is 10.2. The molecule has 0 bridgehead atoms. The van der Waals surface area contributed by atoms with Crippen LogP contribution < -0.4 is 10.9 Å². The summed E-state index contributed by atoms with van der Waals surface area (Å²) in [6, 6.07) is 14.2. The van der Waals surface area contributed by atoms with Crippen LogP contribution in [0.25, 0.3) is 15.7 Å². The number of benzene rings is 2. The first-order valence-corrected chi connectivity index (χ1v) is 5.91. The zero-order chi connectivity index (χ0) is 13.9. The van der Waals surface area contributed by atoms with E-state index in [0.717, 1.165) is 5.69 Å². The number of nitrogens with one attached hydrogen (secondary N) is 1. The van der Waals surface area contributed by atoms with Gasteiger partial charge in [-0.05, 0) is 24.3 Å². The van der Waals surface area contributed by atoms with E-state index < -0.39 is 5.63 Å². The number of fused-ring (bicyclic) bond motifs is 1. The Morgan fingerprint density at radius 2 is 1.95 bits per heavy atom. The minimum Gasteiger partial charge on any atom is -0.388 e. The second-order valence-corrected chi connectivity index (χ2v) is 4.11. The zero-order valence-corrected chi connectivity index (χ0v) is 10.3. The summed E-state index contributed by atoms with van der Waals surface area (Å²) in [5.41, 5.74) is 1.14. The van der Waals surface area contributed by atoms with E-state index in [1.54, 1.807) is 12.1 Å². The molecule has 0 atom stereocenters. The molecule has 0 aliphatic heterocycles. The van der Waals surface area contributed by atoms with Crippen molar-refractivity contribution in [1.29, 1.82) is 0 Å². The Bertz CT molecular complexity index is 864. The van der Waals surface area contributed by atoms with Gasteiger partial charge in [-0.25, -0.2) is 9.64 Å². The fraction of sp³-hybridized carbons (Fsp3) is 0. The fourth-order valence-electron chi connectivity index (χ4n) is 1.83. The van der Waals surface area contributed by atoms with Gasteiger partial charge in [-0.3, -0.25) is 0 Å². The third-order valence-corrected chi connectivity index (χ3v) is 2.77. The summed E-state index contributed by atoms with van der Waals surface area (Å²) in [7, 11) is 0. The molecule has 0 aliphatic carbocycles. The molecule has 96 valence electrons. The molecule has 0 radical (unpaired) electrons. The van der Waals surface area contributed by atoms with E-state index in [0.29, 0.717) is 16.6 Å². The van der Waals surface area contributed by atoms with E-state index in [2.05, 4.69) is 15.1 Å². The van der Waals surface area contributed by atoms with Gasteiger partial charge in [0.2, 0.25) is 0 Å². The number of hydrogen-bond acceptors (Lipinski definition) is 4. The van der Waals surface area contributed by atoms with E-state index in [9.17, 15) is 4.79 Å². The Balaban J connectivity index is 2.07. The van der Waals surface area contributed by atoms with Gasteiger partial charge in [0.05, 0.1) is 17.5 Å². The van der Waals surface area contributed by atoms with Gasteiger partial charge in [0, 0.05) is 5.69 Å². The van der Waals surface area contributed by atoms with Gasteiger partial charge in [-0.15, -0.1) is 0 Å². The maximum Gasteiger partial charge on any atom is 0.346 e. The quantitative estimate of drug-likeness (QED) is 0.719. The molecule has 0 fully saturated rings. The SMILES string of the molecule is [C-]#[N+]c1ccc2nc(Nc3ccccc3)oc(=O)c2c1. The molecule has 1 N–H and O–H groups in total. The van der Waals surface area contributed by atoms with Crippen molar-refractivity contribution in [2.75, 3.05) is 5.32 Å². The maximum atomic E-state index is 11.9. The lowest BCUT2D eigenvalue weighted by Gasteiger charge is -2.04. The minimum absolute atomic E-state index is 0.129. The first-order valence-electron chi connectivity index (χ1n) is 5.91. The largest absolute Gasteiger partial charge is 0.388 e. The van der Waals surface area contributed by atoms with E-state index in [1.165, 1.54) is 6.07 Å². The molecule has 0 amide bonds. The van der Waals surface area contributed by atoms with Crippen molar-refractivity contribution in [3.63, 3.8) is 0 Å². The van der Waals surface area contributed by atoms with Crippen LogP contribution in [0.4, 0.5) is 17.4 Å². The maximum absolute atomic E-state index is 11.9. The van der Waals surface area contributed by atoms with Gasteiger partial charge in [0.15, 0.2) is 5.69 Å². The molecule has 3 aromatic rings. The number of para-hydroxylation sites is 1. The average molecular weight is 263 g/mol. The van der Waals surface area contributed by atoms with Gasteiger partial charge in [0.25, 0.3) is 0 Å². The van der Waals surface area contributed by atoms with Crippen LogP contribution in [0.2, 0.25) is 0 Å². The molecule has 5 heteroatoms. The second kappa shape index (κ2) is 4.86. The van der Waals surface area contributed by atoms with Crippen LogP contribution in [-0.2, 0) is 0 Å². The molecule has 1 heterocycles. The summed E-state index contributed by atoms with van der Waals surface area (Å²) in [6.45, 7) is 6.94. The lowest BCUT2D eigenvalue weighted by Crippen LogP contribution is -2.04. The smallest absolute Gasteiger partial charge is 0.346 e. The Morgan fingerprint density at radius 1 is 1.15 bits per heavy atom. The highest BCUT2D eigenvalue weighted by atomic mass is 16.4. The summed E-state index contributed by atoms with van der Waals surface area (Å²) in [4.78, 5) is 19.4. The lowest BCUT2D eigenvalue weighted by atomic mass is 10.2. The predicted molar refractivity (Wildman–Crippen MR) is 76.3 cm³/mol. The van der Waals surface area contributed by atoms with E-state index in [-0.39, 0.29) is 6.01 Å². The minimum atomic E-state index is -0.515. The summed E-state index contributed by atoms with van der Waals surface area (Å²) < 4.78 is 5.11. The van der Waals surface area contributed by atoms with Crippen molar-refractivity contribution in [2.45, 2.75) is 0 Å². The molecule has 0 saturated carbocycles. The van der Waals surface area contributed by atoms with Crippen LogP contribution in [0.3, 0.4) is 0 Å². The monoisotopic (exact) mass is 263 g/mol. The number of rotatable bonds is 2. The third-order valence-electron chi connectivity index (χ3n) is 2.77. The third kappa shape index (κ3) is 2.22. The van der Waals surface area contributed by atoms with Gasteiger partial charge < -0.3 is 9.73 Å². The standard InChI is InChI=1S/C15H9N3O2/c1-16-11-7-8-13-12(9-11)14(19)20-15(18-13)17-10-5-3-2-4-6-10/h2-9H,(H,17,18). The Kier molecular flexibility index (Phi) is 2.90. The van der Waals surface area contributed by atoms with Crippen molar-refractivity contribution >= 4 is 28.3 Å². The molecule has 0 unspecified atom stereocenters. The summed E-state index contributed by atoms with van der Waals surface area (Å²) in [5, 5.41) is 3.23. The first-order chi connectivity index (χ1) is 9.76. The van der Waals surface area contributed by atoms with E-state index in [4.69, 9.17) is 11.0 Å². The molecule has 0 aliphatic rings. The van der Waals surface area contributed by atoms with Gasteiger partial charge in [-0.1, -0.05) is 24.3 Å². The number of nitrogens with zero attached hydrogens (tertiary/aromatic N) is 2. The van der Waals surface area contributed by atoms with Crippen LogP contribution >= 0.6 is 0 Å². The zero-order valence-electron chi connectivity index (χ0n) is 10.3. The summed E-state index contributed by atoms with van der Waals surface area (Å²) in [5.74, 6) is 0. The molecule has 0 saturated heterocycles. The number of hydrogen-bond donors (Lipinski definition) is 1. The molecule has 5 nitrogen and oxygen atoms in total. The summed E-state index contributed by atoms with van der Waals surface area (Å²) >= 11 is 0. The Morgan fingerprint density at radius 3 is 2.70 bits per heavy atom. The topological polar surface area (TPSA) is 59.5 Å². The van der Waals surface area contributed by atoms with Crippen molar-refractivity contribution in [3.8, 4) is 0 Å². The van der Waals surface area contributed by atoms with Crippen LogP contribution in [0.1, 0.15) is 0 Å². The molecule has 3 rings (SSSR count). The lowest BCUT2D eigenvalue weighted by molar-refractivity contribution is 0.522. The average Bonchev–Trinajstić information content (AvgIpc) is 2.48. The number of anilines is 2. The van der Waals surface area contributed by atoms with Gasteiger partial charge >= 0.3 is 11.6 Å². The highest BCUT2D eigenvalue weighted by Gasteiger charge is 2.07. The van der Waals surface area contributed by atoms with E-state index in [1.807, 2.05) is 30.3 Å². The molecule has 1 aromatic heterocycles. The molecule has 20 heavy (non-hydrogen) atoms. The molecule has 0 spiro atoms. The number of aromatic nitrogens is 1. The van der Waals surface area contributed by atoms with Crippen LogP contribution in [0.15, 0.2) is 57.7 Å². The summed E-state index contributed by atoms with van der Waals surface area (Å²) in [6.07, 6.45) is 0. The van der Waals surface area contributed by atoms with Crippen LogP contribution in [0.5, 0.6) is 0 Å². The molecular weight excluding hydrogens is 254 g/mol. The van der Waals surface area contributed by atoms with Gasteiger partial charge in [0.1, 0.15) is 0 Å². The molecular formula is C15H9N3O2. The van der Waals surface area contributed by atoms with Crippen molar-refractivity contribution in [2.24, 2.45) is 0 Å². The van der Waals surface area contributed by atoms with Crippen LogP contribution in [0, 0.1) is 6.57 Å². The van der Waals surface area contributed by atoms with E-state index >= 15 is 0 Å². The predicted octanol–water partition coefficient (Wildman–Crippen LogP) is 3.48. The Hall–Kier alpha value is -3.13. The van der Waals surface area contributed by atoms with Gasteiger partial charge in [-0.2, -0.15) is 4.98 Å². The van der Waals surface area contributed by atoms with Crippen molar-refractivity contribution in [3.05, 3.63) is 70.4 Å². The van der Waals surface area contributed by atoms with Crippen LogP contribution in [-0.4, -0.2) is 4.98 Å². The van der Waals surface area contributed by atoms with Crippen molar-refractivity contribution < 1.29 is 4.42 Å².